The van der Waals surface area contributed by atoms with Crippen LogP contribution >= 0.6 is 0 Å². The van der Waals surface area contributed by atoms with E-state index in [-0.39, 0.29) is 24.4 Å². The number of benzene rings is 2. The molecule has 0 aliphatic rings. The lowest BCUT2D eigenvalue weighted by atomic mass is 10.0. The number of likely N-dealkylation sites (N-methyl/N-ethyl adjacent to an activating group) is 2. The highest BCUT2D eigenvalue weighted by molar-refractivity contribution is 5.98. The average molecular weight is 767 g/mol. The summed E-state index contributed by atoms with van der Waals surface area (Å²) in [6.07, 6.45) is 14.9. The Morgan fingerprint density at radius 3 is 1.25 bits per heavy atom. The predicted molar refractivity (Wildman–Crippen MR) is 223 cm³/mol. The van der Waals surface area contributed by atoms with Crippen molar-refractivity contribution in [2.24, 2.45) is 0 Å². The van der Waals surface area contributed by atoms with Gasteiger partial charge in [0.15, 0.2) is 11.6 Å². The number of ether oxygens (including phenoxy) is 4. The van der Waals surface area contributed by atoms with Crippen LogP contribution in [0.2, 0.25) is 0 Å². The summed E-state index contributed by atoms with van der Waals surface area (Å²) in [4.78, 5) is 55.9. The summed E-state index contributed by atoms with van der Waals surface area (Å²) in [5.74, 6) is -0.863. The summed E-state index contributed by atoms with van der Waals surface area (Å²) in [6, 6.07) is 13.5. The zero-order chi connectivity index (χ0) is 41.3. The van der Waals surface area contributed by atoms with E-state index in [2.05, 4.69) is 23.0 Å². The maximum Gasteiger partial charge on any atom is 0.331 e. The first-order valence-electron chi connectivity index (χ1n) is 18.6. The normalized spacial score (nSPS) is 12.4. The van der Waals surface area contributed by atoms with Crippen molar-refractivity contribution in [3.63, 3.8) is 0 Å². The Kier molecular flexibility index (Phi) is 21.8. The van der Waals surface area contributed by atoms with E-state index in [1.54, 1.807) is 60.7 Å². The van der Waals surface area contributed by atoms with Gasteiger partial charge in [-0.2, -0.15) is 0 Å². The molecule has 0 spiro atoms. The van der Waals surface area contributed by atoms with Crippen molar-refractivity contribution in [1.82, 2.24) is 9.80 Å². The van der Waals surface area contributed by atoms with Crippen molar-refractivity contribution < 1.29 is 38.1 Å². The molecule has 56 heavy (non-hydrogen) atoms. The van der Waals surface area contributed by atoms with Crippen LogP contribution < -0.4 is 9.47 Å². The van der Waals surface area contributed by atoms with Crippen LogP contribution in [-0.4, -0.2) is 99.0 Å². The fourth-order valence-electron chi connectivity index (χ4n) is 5.12. The molecule has 0 aliphatic heterocycles. The molecule has 300 valence electrons. The molecule has 0 aromatic heterocycles. The molecule has 0 radical (unpaired) electrons. The number of esters is 2. The molecule has 0 fully saturated rings. The number of hydrogen-bond acceptors (Lipinski definition) is 10. The Bertz CT molecular complexity index is 1600. The lowest BCUT2D eigenvalue weighted by molar-refractivity contribution is -0.143. The zero-order valence-electron chi connectivity index (χ0n) is 33.8. The first-order valence-corrected chi connectivity index (χ1v) is 18.6. The zero-order valence-corrected chi connectivity index (χ0v) is 33.8. The summed E-state index contributed by atoms with van der Waals surface area (Å²) in [6.45, 7) is 18.7. The standard InChI is InChI=1S/C46H58N2O8/c1-9-25-47(7)27-11-13-29-53-39-19-15-37(16-20-39)43(49)33-41(31-35(3)4)55-45(51)23-24-46(52)56-42(32-36(5)6)34-44(50)38-17-21-40(22-18-38)54-30-14-12-28-48(8)26-10-2/h9-24,31-32,41-42H,1-2,25-30,33-34H2,3-8H3/b13-11+,14-12+,24-23+/t41-,42-/m1/s1. The topological polar surface area (TPSA) is 112 Å². The number of allylic oxidation sites excluding steroid dienone is 2. The van der Waals surface area contributed by atoms with Crippen molar-refractivity contribution in [3.05, 3.63) is 145 Å². The molecule has 0 unspecified atom stereocenters. The van der Waals surface area contributed by atoms with Gasteiger partial charge >= 0.3 is 11.9 Å². The third kappa shape index (κ3) is 20.2. The number of ketones is 2. The van der Waals surface area contributed by atoms with Crippen molar-refractivity contribution in [3.8, 4) is 11.5 Å². The predicted octanol–water partition coefficient (Wildman–Crippen LogP) is 7.95. The van der Waals surface area contributed by atoms with Gasteiger partial charge < -0.3 is 18.9 Å². The molecular weight excluding hydrogens is 709 g/mol. The van der Waals surface area contributed by atoms with E-state index in [9.17, 15) is 19.2 Å². The summed E-state index contributed by atoms with van der Waals surface area (Å²) >= 11 is 0. The van der Waals surface area contributed by atoms with Crippen LogP contribution in [0.3, 0.4) is 0 Å². The van der Waals surface area contributed by atoms with Crippen LogP contribution in [-0.2, 0) is 19.1 Å². The van der Waals surface area contributed by atoms with Crippen LogP contribution in [0.1, 0.15) is 61.3 Å². The van der Waals surface area contributed by atoms with Crippen LogP contribution in [0.4, 0.5) is 0 Å². The van der Waals surface area contributed by atoms with Gasteiger partial charge in [-0.3, -0.25) is 19.4 Å². The number of Topliss-reactive ketones (excluding diaryl/α,β-unsaturated/α-hetero) is 2. The molecule has 2 aromatic carbocycles. The van der Waals surface area contributed by atoms with E-state index in [1.807, 2.05) is 78.2 Å². The quantitative estimate of drug-likeness (QED) is 0.0405. The number of carbonyl (C=O) groups is 4. The molecule has 0 heterocycles. The average Bonchev–Trinajstić information content (AvgIpc) is 3.13. The first-order chi connectivity index (χ1) is 26.8. The molecule has 2 rings (SSSR count). The summed E-state index contributed by atoms with van der Waals surface area (Å²) in [7, 11) is 4.00. The molecule has 2 atom stereocenters. The van der Waals surface area contributed by atoms with Crippen molar-refractivity contribution in [2.75, 3.05) is 53.5 Å². The van der Waals surface area contributed by atoms with Gasteiger partial charge in [-0.05, 0) is 102 Å². The molecule has 0 bridgehead atoms. The minimum absolute atomic E-state index is 0.0977. The third-order valence-corrected chi connectivity index (χ3v) is 7.80. The molecule has 10 nitrogen and oxygen atoms in total. The van der Waals surface area contributed by atoms with Crippen molar-refractivity contribution in [1.29, 1.82) is 0 Å². The molecule has 10 heteroatoms. The van der Waals surface area contributed by atoms with Gasteiger partial charge in [0.2, 0.25) is 0 Å². The van der Waals surface area contributed by atoms with Gasteiger partial charge in [-0.25, -0.2) is 9.59 Å². The van der Waals surface area contributed by atoms with Gasteiger partial charge in [-0.1, -0.05) is 47.6 Å². The van der Waals surface area contributed by atoms with Crippen LogP contribution in [0.25, 0.3) is 0 Å². The van der Waals surface area contributed by atoms with Crippen molar-refractivity contribution >= 4 is 23.5 Å². The van der Waals surface area contributed by atoms with E-state index in [4.69, 9.17) is 18.9 Å². The second-order valence-electron chi connectivity index (χ2n) is 13.7. The second-order valence-corrected chi connectivity index (χ2v) is 13.7. The molecule has 0 aliphatic carbocycles. The SMILES string of the molecule is C=CCN(C)C/C=C/COc1ccc(C(=O)C[C@@H](C=C(C)C)OC(=O)/C=C/C(=O)O[C@H](C=C(C)C)CC(=O)c2ccc(OC/C=C/CN(C)CC=C)cc2)cc1. The molecule has 0 amide bonds. The number of nitrogens with zero attached hydrogens (tertiary/aromatic N) is 2. The van der Waals surface area contributed by atoms with Gasteiger partial charge in [0.25, 0.3) is 0 Å². The molecule has 0 saturated heterocycles. The maximum atomic E-state index is 13.1. The van der Waals surface area contributed by atoms with E-state index in [1.165, 1.54) is 0 Å². The highest BCUT2D eigenvalue weighted by Crippen LogP contribution is 2.18. The number of hydrogen-bond donors (Lipinski definition) is 0. The van der Waals surface area contributed by atoms with E-state index < -0.39 is 24.1 Å². The van der Waals surface area contributed by atoms with Gasteiger partial charge in [0, 0.05) is 49.5 Å². The Hall–Kier alpha value is -5.58. The summed E-state index contributed by atoms with van der Waals surface area (Å²) < 4.78 is 22.5. The molecule has 0 N–H and O–H groups in total. The maximum absolute atomic E-state index is 13.1. The lowest BCUT2D eigenvalue weighted by Crippen LogP contribution is -2.21. The molecule has 2 aromatic rings. The fraction of sp³-hybridized carbons (Fsp3) is 0.348. The second kappa shape index (κ2) is 26.3. The fourth-order valence-corrected chi connectivity index (χ4v) is 5.12. The minimum atomic E-state index is -0.861. The van der Waals surface area contributed by atoms with Crippen molar-refractivity contribution in [2.45, 2.75) is 52.7 Å². The molecule has 0 saturated carbocycles. The summed E-state index contributed by atoms with van der Waals surface area (Å²) in [5, 5.41) is 0. The van der Waals surface area contributed by atoms with E-state index in [0.29, 0.717) is 35.8 Å². The van der Waals surface area contributed by atoms with Crippen LogP contribution in [0.15, 0.2) is 134 Å². The van der Waals surface area contributed by atoms with E-state index in [0.717, 1.165) is 49.5 Å². The van der Waals surface area contributed by atoms with Gasteiger partial charge in [0.05, 0.1) is 12.8 Å². The molecular formula is C46H58N2O8. The van der Waals surface area contributed by atoms with Gasteiger partial charge in [0.1, 0.15) is 36.9 Å². The Morgan fingerprint density at radius 2 is 0.929 bits per heavy atom. The third-order valence-electron chi connectivity index (χ3n) is 7.80. The lowest BCUT2D eigenvalue weighted by Gasteiger charge is -2.15. The minimum Gasteiger partial charge on any atom is -0.490 e. The monoisotopic (exact) mass is 766 g/mol. The van der Waals surface area contributed by atoms with Gasteiger partial charge in [-0.15, -0.1) is 13.2 Å². The smallest absolute Gasteiger partial charge is 0.331 e. The Labute approximate surface area is 333 Å². The van der Waals surface area contributed by atoms with E-state index >= 15 is 0 Å². The number of carbonyl (C=O) groups excluding carboxylic acids is 4. The Morgan fingerprint density at radius 1 is 0.571 bits per heavy atom. The largest absolute Gasteiger partial charge is 0.490 e. The highest BCUT2D eigenvalue weighted by atomic mass is 16.5. The Balaban J connectivity index is 1.92. The first kappa shape index (κ1) is 46.6. The van der Waals surface area contributed by atoms with Crippen LogP contribution in [0.5, 0.6) is 11.5 Å². The summed E-state index contributed by atoms with van der Waals surface area (Å²) in [5.41, 5.74) is 2.58. The highest BCUT2D eigenvalue weighted by Gasteiger charge is 2.19. The van der Waals surface area contributed by atoms with Crippen LogP contribution in [0, 0.1) is 0 Å². The number of rotatable bonds is 26.